The molecule has 0 spiro atoms. The van der Waals surface area contributed by atoms with Crippen LogP contribution in [0.2, 0.25) is 0 Å². The molecule has 3 aromatic rings. The van der Waals surface area contributed by atoms with E-state index >= 15 is 0 Å². The van der Waals surface area contributed by atoms with Gasteiger partial charge in [-0.25, -0.2) is 4.98 Å². The average Bonchev–Trinajstić information content (AvgIpc) is 3.51. The molecule has 1 amide bonds. The zero-order valence-electron chi connectivity index (χ0n) is 16.1. The predicted molar refractivity (Wildman–Crippen MR) is 113 cm³/mol. The van der Waals surface area contributed by atoms with E-state index in [0.717, 1.165) is 23.4 Å². The summed E-state index contributed by atoms with van der Waals surface area (Å²) in [6.07, 6.45) is 2.40. The number of aromatic nitrogens is 2. The molecule has 4 rings (SSSR count). The number of nitrogens with zero attached hydrogens (tertiary/aromatic N) is 2. The van der Waals surface area contributed by atoms with Gasteiger partial charge in [-0.1, -0.05) is 42.1 Å². The molecule has 0 unspecified atom stereocenters. The molecule has 0 radical (unpaired) electrons. The van der Waals surface area contributed by atoms with Gasteiger partial charge in [0.15, 0.2) is 5.16 Å². The Hall–Kier alpha value is -2.60. The third-order valence-corrected chi connectivity index (χ3v) is 5.96. The van der Waals surface area contributed by atoms with Gasteiger partial charge in [-0.2, -0.15) is 0 Å². The van der Waals surface area contributed by atoms with Crippen LogP contribution in [-0.2, 0) is 4.79 Å². The minimum absolute atomic E-state index is 0.0210. The van der Waals surface area contributed by atoms with Crippen molar-refractivity contribution in [2.24, 2.45) is 5.92 Å². The quantitative estimate of drug-likeness (QED) is 0.513. The van der Waals surface area contributed by atoms with Crippen LogP contribution in [0.15, 0.2) is 52.4 Å². The zero-order valence-corrected chi connectivity index (χ0v) is 16.9. The fourth-order valence-electron chi connectivity index (χ4n) is 3.33. The number of para-hydroxylation sites is 2. The van der Waals surface area contributed by atoms with E-state index in [2.05, 4.69) is 5.32 Å². The molecule has 1 fully saturated rings. The van der Waals surface area contributed by atoms with E-state index in [1.54, 1.807) is 10.6 Å². The summed E-state index contributed by atoms with van der Waals surface area (Å²) in [4.78, 5) is 30.3. The van der Waals surface area contributed by atoms with Crippen LogP contribution < -0.4 is 10.9 Å². The number of hydrogen-bond acceptors (Lipinski definition) is 4. The molecule has 1 aliphatic rings. The van der Waals surface area contributed by atoms with Gasteiger partial charge in [0.2, 0.25) is 5.91 Å². The Balaban J connectivity index is 1.75. The van der Waals surface area contributed by atoms with Gasteiger partial charge in [0.05, 0.1) is 22.3 Å². The minimum atomic E-state index is -0.108. The lowest BCUT2D eigenvalue weighted by atomic mass is 10.1. The smallest absolute Gasteiger partial charge is 0.266 e. The first-order chi connectivity index (χ1) is 13.5. The number of benzene rings is 2. The third-order valence-electron chi connectivity index (χ3n) is 5.03. The summed E-state index contributed by atoms with van der Waals surface area (Å²) in [6, 6.07) is 13.3. The third kappa shape index (κ3) is 3.83. The first-order valence-electron chi connectivity index (χ1n) is 9.52. The highest BCUT2D eigenvalue weighted by atomic mass is 32.2. The van der Waals surface area contributed by atoms with Gasteiger partial charge in [0, 0.05) is 6.54 Å². The molecule has 1 saturated carbocycles. The number of fused-ring (bicyclic) bond motifs is 1. The summed E-state index contributed by atoms with van der Waals surface area (Å²) in [7, 11) is 0. The van der Waals surface area contributed by atoms with Crippen LogP contribution in [0.1, 0.15) is 24.0 Å². The first-order valence-corrected chi connectivity index (χ1v) is 10.5. The number of carbonyl (C=O) groups is 1. The fourth-order valence-corrected chi connectivity index (χ4v) is 4.15. The molecular weight excluding hydrogens is 370 g/mol. The van der Waals surface area contributed by atoms with E-state index in [0.29, 0.717) is 22.0 Å². The Bertz CT molecular complexity index is 1080. The monoisotopic (exact) mass is 393 g/mol. The van der Waals surface area contributed by atoms with Crippen molar-refractivity contribution in [2.75, 3.05) is 12.3 Å². The average molecular weight is 394 g/mol. The predicted octanol–water partition coefficient (Wildman–Crippen LogP) is 3.62. The highest BCUT2D eigenvalue weighted by Crippen LogP contribution is 2.28. The summed E-state index contributed by atoms with van der Waals surface area (Å²) < 4.78 is 1.66. The molecule has 1 N–H and O–H groups in total. The van der Waals surface area contributed by atoms with Crippen molar-refractivity contribution in [3.8, 4) is 5.69 Å². The number of carbonyl (C=O) groups excluding carboxylic acids is 1. The summed E-state index contributed by atoms with van der Waals surface area (Å²) >= 11 is 1.31. The van der Waals surface area contributed by atoms with Crippen molar-refractivity contribution in [3.05, 3.63) is 63.9 Å². The molecule has 1 aliphatic carbocycles. The summed E-state index contributed by atoms with van der Waals surface area (Å²) in [5.74, 6) is 0.857. The van der Waals surface area contributed by atoms with Crippen LogP contribution in [0, 0.1) is 19.8 Å². The number of hydrogen-bond donors (Lipinski definition) is 1. The van der Waals surface area contributed by atoms with Crippen molar-refractivity contribution in [1.29, 1.82) is 0 Å². The van der Waals surface area contributed by atoms with E-state index in [1.165, 1.54) is 24.6 Å². The van der Waals surface area contributed by atoms with E-state index in [9.17, 15) is 9.59 Å². The second-order valence-corrected chi connectivity index (χ2v) is 8.27. The summed E-state index contributed by atoms with van der Waals surface area (Å²) in [5.41, 5.74) is 3.38. The normalized spacial score (nSPS) is 13.6. The number of nitrogens with one attached hydrogen (secondary N) is 1. The van der Waals surface area contributed by atoms with E-state index in [4.69, 9.17) is 4.98 Å². The van der Waals surface area contributed by atoms with Gasteiger partial charge in [-0.15, -0.1) is 0 Å². The molecule has 0 atom stereocenters. The van der Waals surface area contributed by atoms with Gasteiger partial charge >= 0.3 is 0 Å². The molecule has 2 aromatic carbocycles. The minimum Gasteiger partial charge on any atom is -0.355 e. The Labute approximate surface area is 168 Å². The molecule has 5 nitrogen and oxygen atoms in total. The number of aryl methyl sites for hydroxylation is 2. The lowest BCUT2D eigenvalue weighted by molar-refractivity contribution is -0.118. The van der Waals surface area contributed by atoms with Crippen molar-refractivity contribution >= 4 is 28.6 Å². The van der Waals surface area contributed by atoms with Crippen LogP contribution >= 0.6 is 11.8 Å². The van der Waals surface area contributed by atoms with E-state index in [1.807, 2.05) is 50.2 Å². The standard InChI is InChI=1S/C22H23N3O2S/c1-14-6-5-7-15(2)20(14)25-21(27)17-8-3-4-9-18(17)24-22(25)28-13-19(26)23-12-16-10-11-16/h3-9,16H,10-13H2,1-2H3,(H,23,26). The number of rotatable bonds is 6. The highest BCUT2D eigenvalue weighted by molar-refractivity contribution is 7.99. The van der Waals surface area contributed by atoms with Gasteiger partial charge in [-0.05, 0) is 55.9 Å². The molecular formula is C22H23N3O2S. The molecule has 1 aromatic heterocycles. The van der Waals surface area contributed by atoms with Crippen molar-refractivity contribution in [1.82, 2.24) is 14.9 Å². The van der Waals surface area contributed by atoms with Crippen molar-refractivity contribution in [2.45, 2.75) is 31.8 Å². The van der Waals surface area contributed by atoms with Crippen molar-refractivity contribution in [3.63, 3.8) is 0 Å². The van der Waals surface area contributed by atoms with E-state index in [-0.39, 0.29) is 17.2 Å². The molecule has 0 bridgehead atoms. The van der Waals surface area contributed by atoms with Gasteiger partial charge in [0.1, 0.15) is 0 Å². The van der Waals surface area contributed by atoms with E-state index < -0.39 is 0 Å². The van der Waals surface area contributed by atoms with Gasteiger partial charge in [0.25, 0.3) is 5.56 Å². The Morgan fingerprint density at radius 3 is 2.57 bits per heavy atom. The van der Waals surface area contributed by atoms with Crippen LogP contribution in [-0.4, -0.2) is 27.8 Å². The largest absolute Gasteiger partial charge is 0.355 e. The van der Waals surface area contributed by atoms with Crippen LogP contribution in [0.5, 0.6) is 0 Å². The van der Waals surface area contributed by atoms with Crippen molar-refractivity contribution < 1.29 is 4.79 Å². The number of amides is 1. The molecule has 144 valence electrons. The Morgan fingerprint density at radius 2 is 1.86 bits per heavy atom. The Morgan fingerprint density at radius 1 is 1.14 bits per heavy atom. The maximum absolute atomic E-state index is 13.3. The Kier molecular flexibility index (Phi) is 5.22. The van der Waals surface area contributed by atoms with Crippen LogP contribution in [0.4, 0.5) is 0 Å². The maximum Gasteiger partial charge on any atom is 0.266 e. The SMILES string of the molecule is Cc1cccc(C)c1-n1c(SCC(=O)NCC2CC2)nc2ccccc2c1=O. The molecule has 0 aliphatic heterocycles. The lowest BCUT2D eigenvalue weighted by Gasteiger charge is -2.17. The second-order valence-electron chi connectivity index (χ2n) is 7.33. The number of thioether (sulfide) groups is 1. The van der Waals surface area contributed by atoms with Gasteiger partial charge < -0.3 is 5.32 Å². The zero-order chi connectivity index (χ0) is 19.7. The summed E-state index contributed by atoms with van der Waals surface area (Å²) in [6.45, 7) is 4.72. The topological polar surface area (TPSA) is 64.0 Å². The van der Waals surface area contributed by atoms with Crippen LogP contribution in [0.25, 0.3) is 16.6 Å². The second kappa shape index (κ2) is 7.80. The summed E-state index contributed by atoms with van der Waals surface area (Å²) in [5, 5.41) is 4.09. The molecule has 6 heteroatoms. The molecule has 0 saturated heterocycles. The van der Waals surface area contributed by atoms with Crippen LogP contribution in [0.3, 0.4) is 0 Å². The van der Waals surface area contributed by atoms with Gasteiger partial charge in [-0.3, -0.25) is 14.2 Å². The highest BCUT2D eigenvalue weighted by Gasteiger charge is 2.22. The fraction of sp³-hybridized carbons (Fsp3) is 0.318. The molecule has 28 heavy (non-hydrogen) atoms. The maximum atomic E-state index is 13.3. The lowest BCUT2D eigenvalue weighted by Crippen LogP contribution is -2.28. The first kappa shape index (κ1) is 18.7. The molecule has 1 heterocycles.